The van der Waals surface area contributed by atoms with Crippen molar-refractivity contribution in [1.29, 1.82) is 0 Å². The fraction of sp³-hybridized carbons (Fsp3) is 0.750. The summed E-state index contributed by atoms with van der Waals surface area (Å²) in [5, 5.41) is 10.6. The Morgan fingerprint density at radius 2 is 2.21 bits per heavy atom. The van der Waals surface area contributed by atoms with Crippen LogP contribution in [0.15, 0.2) is 9.52 Å². The zero-order valence-electron chi connectivity index (χ0n) is 15.2. The van der Waals surface area contributed by atoms with Crippen molar-refractivity contribution < 1.29 is 9.32 Å². The van der Waals surface area contributed by atoms with Gasteiger partial charge in [0.05, 0.1) is 0 Å². The van der Waals surface area contributed by atoms with E-state index in [0.717, 1.165) is 13.0 Å². The summed E-state index contributed by atoms with van der Waals surface area (Å²) in [7, 11) is 1.83. The molecular formula is C16H28N6O2. The zero-order chi connectivity index (χ0) is 17.7. The molecule has 0 spiro atoms. The van der Waals surface area contributed by atoms with E-state index in [9.17, 15) is 4.79 Å². The molecule has 1 unspecified atom stereocenters. The molecule has 1 aromatic heterocycles. The van der Waals surface area contributed by atoms with Gasteiger partial charge in [-0.15, -0.1) is 0 Å². The second-order valence-corrected chi connectivity index (χ2v) is 7.12. The van der Waals surface area contributed by atoms with E-state index in [1.807, 2.05) is 34.7 Å². The van der Waals surface area contributed by atoms with E-state index in [0.29, 0.717) is 37.2 Å². The van der Waals surface area contributed by atoms with Gasteiger partial charge in [0.15, 0.2) is 11.8 Å². The lowest BCUT2D eigenvalue weighted by Gasteiger charge is -2.31. The van der Waals surface area contributed by atoms with Crippen molar-refractivity contribution in [2.24, 2.45) is 4.99 Å². The molecule has 24 heavy (non-hydrogen) atoms. The number of likely N-dealkylation sites (N-methyl/N-ethyl adjacent to an activating group) is 1. The largest absolute Gasteiger partial charge is 0.357 e. The highest BCUT2D eigenvalue weighted by Gasteiger charge is 2.24. The maximum Gasteiger partial charge on any atom is 0.232 e. The van der Waals surface area contributed by atoms with E-state index in [1.54, 1.807) is 4.90 Å². The molecule has 1 aliphatic heterocycles. The van der Waals surface area contributed by atoms with Crippen LogP contribution in [0, 0.1) is 0 Å². The van der Waals surface area contributed by atoms with Gasteiger partial charge in [0.1, 0.15) is 6.54 Å². The Balaban J connectivity index is 1.98. The molecule has 8 heteroatoms. The van der Waals surface area contributed by atoms with Crippen LogP contribution in [0.3, 0.4) is 0 Å². The van der Waals surface area contributed by atoms with E-state index in [1.165, 1.54) is 0 Å². The third kappa shape index (κ3) is 4.94. The minimum Gasteiger partial charge on any atom is -0.357 e. The number of rotatable bonds is 4. The molecular weight excluding hydrogens is 308 g/mol. The monoisotopic (exact) mass is 336 g/mol. The highest BCUT2D eigenvalue weighted by Crippen LogP contribution is 2.19. The summed E-state index contributed by atoms with van der Waals surface area (Å²) >= 11 is 0. The normalized spacial score (nSPS) is 19.5. The van der Waals surface area contributed by atoms with E-state index in [4.69, 9.17) is 4.52 Å². The number of aromatic nitrogens is 2. The van der Waals surface area contributed by atoms with Crippen LogP contribution in [-0.2, 0) is 16.8 Å². The molecule has 1 aliphatic rings. The van der Waals surface area contributed by atoms with Gasteiger partial charge < -0.3 is 20.1 Å². The second-order valence-electron chi connectivity index (χ2n) is 7.12. The van der Waals surface area contributed by atoms with Gasteiger partial charge in [-0.25, -0.2) is 4.99 Å². The molecule has 1 fully saturated rings. The molecule has 0 saturated carbocycles. The highest BCUT2D eigenvalue weighted by molar-refractivity contribution is 5.81. The Labute approximate surface area is 143 Å². The van der Waals surface area contributed by atoms with Crippen molar-refractivity contribution in [2.75, 3.05) is 20.1 Å². The molecule has 1 amide bonds. The topological polar surface area (TPSA) is 95.6 Å². The molecule has 1 atom stereocenters. The van der Waals surface area contributed by atoms with Crippen LogP contribution in [-0.4, -0.2) is 53.1 Å². The minimum absolute atomic E-state index is 0.170. The van der Waals surface area contributed by atoms with Crippen molar-refractivity contribution in [3.63, 3.8) is 0 Å². The number of hydrogen-bond donors (Lipinski definition) is 2. The van der Waals surface area contributed by atoms with Crippen LogP contribution in [0.5, 0.6) is 0 Å². The lowest BCUT2D eigenvalue weighted by atomic mass is 9.97. The van der Waals surface area contributed by atoms with Gasteiger partial charge in [0, 0.05) is 38.0 Å². The molecule has 2 rings (SSSR count). The van der Waals surface area contributed by atoms with Crippen LogP contribution < -0.4 is 10.6 Å². The van der Waals surface area contributed by atoms with Crippen molar-refractivity contribution in [3.05, 3.63) is 11.7 Å². The van der Waals surface area contributed by atoms with Crippen molar-refractivity contribution in [1.82, 2.24) is 25.7 Å². The average Bonchev–Trinajstić information content (AvgIpc) is 2.98. The van der Waals surface area contributed by atoms with Crippen LogP contribution in [0.25, 0.3) is 0 Å². The third-order valence-corrected chi connectivity index (χ3v) is 3.80. The molecule has 134 valence electrons. The number of piperidine rings is 1. The van der Waals surface area contributed by atoms with Crippen molar-refractivity contribution in [2.45, 2.75) is 58.5 Å². The molecule has 1 aromatic rings. The minimum atomic E-state index is -0.170. The number of carbonyl (C=O) groups is 1. The Morgan fingerprint density at radius 3 is 2.79 bits per heavy atom. The van der Waals surface area contributed by atoms with Gasteiger partial charge in [-0.2, -0.15) is 4.98 Å². The molecule has 0 aliphatic carbocycles. The van der Waals surface area contributed by atoms with E-state index < -0.39 is 0 Å². The van der Waals surface area contributed by atoms with Crippen molar-refractivity contribution in [3.8, 4) is 0 Å². The van der Waals surface area contributed by atoms with Crippen LogP contribution in [0.4, 0.5) is 0 Å². The maximum absolute atomic E-state index is 11.6. The van der Waals surface area contributed by atoms with E-state index in [-0.39, 0.29) is 17.4 Å². The fourth-order valence-electron chi connectivity index (χ4n) is 2.42. The van der Waals surface area contributed by atoms with Crippen LogP contribution >= 0.6 is 0 Å². The molecule has 1 saturated heterocycles. The SMILES string of the molecule is CCNC(=NCc1noc(C(C)(C)C)n1)NC1CCC(=O)N(C)C1. The Bertz CT molecular complexity index is 590. The van der Waals surface area contributed by atoms with Gasteiger partial charge in [0.25, 0.3) is 0 Å². The highest BCUT2D eigenvalue weighted by atomic mass is 16.5. The Hall–Kier alpha value is -2.12. The Morgan fingerprint density at radius 1 is 1.46 bits per heavy atom. The molecule has 0 aromatic carbocycles. The summed E-state index contributed by atoms with van der Waals surface area (Å²) in [6.45, 7) is 9.88. The molecule has 0 radical (unpaired) electrons. The van der Waals surface area contributed by atoms with E-state index in [2.05, 4.69) is 25.8 Å². The summed E-state index contributed by atoms with van der Waals surface area (Å²) < 4.78 is 5.28. The number of carbonyl (C=O) groups excluding carboxylic acids is 1. The molecule has 0 bridgehead atoms. The third-order valence-electron chi connectivity index (χ3n) is 3.80. The zero-order valence-corrected chi connectivity index (χ0v) is 15.2. The molecule has 2 N–H and O–H groups in total. The van der Waals surface area contributed by atoms with Gasteiger partial charge in [-0.05, 0) is 13.3 Å². The van der Waals surface area contributed by atoms with Crippen LogP contribution in [0.1, 0.15) is 52.3 Å². The van der Waals surface area contributed by atoms with Gasteiger partial charge >= 0.3 is 0 Å². The number of guanidine groups is 1. The number of nitrogens with one attached hydrogen (secondary N) is 2. The van der Waals surface area contributed by atoms with Gasteiger partial charge in [-0.1, -0.05) is 25.9 Å². The molecule has 2 heterocycles. The van der Waals surface area contributed by atoms with Crippen molar-refractivity contribution >= 4 is 11.9 Å². The standard InChI is InChI=1S/C16H28N6O2/c1-6-17-15(19-11-7-8-13(23)22(5)10-11)18-9-12-20-14(24-21-12)16(2,3)4/h11H,6-10H2,1-5H3,(H2,17,18,19). The first kappa shape index (κ1) is 18.2. The quantitative estimate of drug-likeness (QED) is 0.630. The second kappa shape index (κ2) is 7.63. The summed E-state index contributed by atoms with van der Waals surface area (Å²) in [6.07, 6.45) is 1.37. The number of nitrogens with zero attached hydrogens (tertiary/aromatic N) is 4. The summed E-state index contributed by atoms with van der Waals surface area (Å²) in [5.41, 5.74) is -0.170. The fourth-order valence-corrected chi connectivity index (χ4v) is 2.42. The predicted molar refractivity (Wildman–Crippen MR) is 91.6 cm³/mol. The predicted octanol–water partition coefficient (Wildman–Crippen LogP) is 1.04. The first-order valence-electron chi connectivity index (χ1n) is 8.41. The number of aliphatic imine (C=N–C) groups is 1. The maximum atomic E-state index is 11.6. The smallest absolute Gasteiger partial charge is 0.232 e. The lowest BCUT2D eigenvalue weighted by Crippen LogP contribution is -2.51. The summed E-state index contributed by atoms with van der Waals surface area (Å²) in [6, 6.07) is 0.195. The summed E-state index contributed by atoms with van der Waals surface area (Å²) in [4.78, 5) is 22.2. The van der Waals surface area contributed by atoms with Gasteiger partial charge in [-0.3, -0.25) is 4.79 Å². The number of likely N-dealkylation sites (tertiary alicyclic amines) is 1. The van der Waals surface area contributed by atoms with E-state index >= 15 is 0 Å². The first-order valence-corrected chi connectivity index (χ1v) is 8.41. The molecule has 8 nitrogen and oxygen atoms in total. The number of hydrogen-bond acceptors (Lipinski definition) is 5. The van der Waals surface area contributed by atoms with Crippen LogP contribution in [0.2, 0.25) is 0 Å². The first-order chi connectivity index (χ1) is 11.3. The average molecular weight is 336 g/mol. The lowest BCUT2D eigenvalue weighted by molar-refractivity contribution is -0.132. The number of amides is 1. The summed E-state index contributed by atoms with van der Waals surface area (Å²) in [5.74, 6) is 2.06. The van der Waals surface area contributed by atoms with Gasteiger partial charge in [0.2, 0.25) is 11.8 Å². The Kier molecular flexibility index (Phi) is 5.80.